The van der Waals surface area contributed by atoms with E-state index in [-0.39, 0.29) is 11.7 Å². The van der Waals surface area contributed by atoms with Gasteiger partial charge in [-0.1, -0.05) is 0 Å². The number of nitrogens with one attached hydrogen (secondary N) is 1. The number of thiazole rings is 1. The summed E-state index contributed by atoms with van der Waals surface area (Å²) in [5.41, 5.74) is 2.17. The third-order valence-electron chi connectivity index (χ3n) is 2.96. The third-order valence-corrected chi connectivity index (χ3v) is 5.36. The molecule has 0 saturated heterocycles. The first-order chi connectivity index (χ1) is 10.5. The Morgan fingerprint density at radius 2 is 2.05 bits per heavy atom. The Balaban J connectivity index is 1.83. The lowest BCUT2D eigenvalue weighted by molar-refractivity contribution is 0.102. The molecular formula is C15H10BrFN2OS2. The first-order valence-corrected chi connectivity index (χ1v) is 8.80. The van der Waals surface area contributed by atoms with E-state index in [9.17, 15) is 9.18 Å². The highest BCUT2D eigenvalue weighted by atomic mass is 79.9. The van der Waals surface area contributed by atoms with Crippen LogP contribution in [0.1, 0.15) is 15.2 Å². The molecule has 0 fully saturated rings. The van der Waals surface area contributed by atoms with Crippen LogP contribution < -0.4 is 5.32 Å². The number of benzene rings is 1. The zero-order chi connectivity index (χ0) is 15.7. The standard InChI is InChI=1S/C15H10BrFN2OS2/c1-8-13(9-2-4-11(17)5-3-9)18-15(22-8)19-14(20)10-6-12(16)21-7-10/h2-7H,1H3,(H,18,19,20). The van der Waals surface area contributed by atoms with Gasteiger partial charge in [-0.3, -0.25) is 10.1 Å². The van der Waals surface area contributed by atoms with E-state index in [0.717, 1.165) is 19.9 Å². The number of aryl methyl sites for hydroxylation is 1. The molecule has 3 aromatic rings. The molecule has 2 aromatic heterocycles. The summed E-state index contributed by atoms with van der Waals surface area (Å²) in [6.07, 6.45) is 0. The van der Waals surface area contributed by atoms with Gasteiger partial charge in [-0.2, -0.15) is 0 Å². The van der Waals surface area contributed by atoms with Crippen LogP contribution in [-0.4, -0.2) is 10.9 Å². The highest BCUT2D eigenvalue weighted by Crippen LogP contribution is 2.31. The highest BCUT2D eigenvalue weighted by Gasteiger charge is 2.14. The number of halogens is 2. The summed E-state index contributed by atoms with van der Waals surface area (Å²) >= 11 is 6.18. The van der Waals surface area contributed by atoms with Crippen molar-refractivity contribution in [2.45, 2.75) is 6.92 Å². The van der Waals surface area contributed by atoms with Gasteiger partial charge in [0.2, 0.25) is 0 Å². The number of nitrogens with zero attached hydrogens (tertiary/aromatic N) is 1. The number of rotatable bonds is 3. The van der Waals surface area contributed by atoms with Crippen molar-refractivity contribution in [3.05, 3.63) is 55.8 Å². The monoisotopic (exact) mass is 396 g/mol. The summed E-state index contributed by atoms with van der Waals surface area (Å²) < 4.78 is 13.9. The normalized spacial score (nSPS) is 10.7. The zero-order valence-electron chi connectivity index (χ0n) is 11.4. The van der Waals surface area contributed by atoms with E-state index < -0.39 is 0 Å². The van der Waals surface area contributed by atoms with Crippen LogP contribution in [-0.2, 0) is 0 Å². The summed E-state index contributed by atoms with van der Waals surface area (Å²) in [6.45, 7) is 1.92. The lowest BCUT2D eigenvalue weighted by atomic mass is 10.1. The van der Waals surface area contributed by atoms with Gasteiger partial charge >= 0.3 is 0 Å². The fraction of sp³-hybridized carbons (Fsp3) is 0.0667. The fourth-order valence-corrected chi connectivity index (χ4v) is 3.89. The number of hydrogen-bond acceptors (Lipinski definition) is 4. The molecular weight excluding hydrogens is 387 g/mol. The Bertz CT molecular complexity index is 826. The fourth-order valence-electron chi connectivity index (χ4n) is 1.92. The van der Waals surface area contributed by atoms with E-state index >= 15 is 0 Å². The number of carbonyl (C=O) groups excluding carboxylic acids is 1. The maximum absolute atomic E-state index is 13.0. The Labute approximate surface area is 143 Å². The molecule has 2 heterocycles. The molecule has 0 aliphatic carbocycles. The minimum Gasteiger partial charge on any atom is -0.298 e. The summed E-state index contributed by atoms with van der Waals surface area (Å²) in [6, 6.07) is 7.92. The second-order valence-corrected chi connectivity index (χ2v) is 8.02. The average Bonchev–Trinajstić information content (AvgIpc) is 3.06. The molecule has 0 radical (unpaired) electrons. The number of thiophene rings is 1. The van der Waals surface area contributed by atoms with Gasteiger partial charge in [0.15, 0.2) is 5.13 Å². The van der Waals surface area contributed by atoms with Gasteiger partial charge < -0.3 is 0 Å². The van der Waals surface area contributed by atoms with Crippen LogP contribution in [0.15, 0.2) is 39.5 Å². The Hall–Kier alpha value is -1.57. The van der Waals surface area contributed by atoms with Gasteiger partial charge in [0.1, 0.15) is 5.82 Å². The molecule has 0 bridgehead atoms. The highest BCUT2D eigenvalue weighted by molar-refractivity contribution is 9.11. The molecule has 1 N–H and O–H groups in total. The van der Waals surface area contributed by atoms with Crippen LogP contribution in [0, 0.1) is 12.7 Å². The number of amides is 1. The largest absolute Gasteiger partial charge is 0.298 e. The van der Waals surface area contributed by atoms with E-state index in [2.05, 4.69) is 26.2 Å². The van der Waals surface area contributed by atoms with Crippen LogP contribution in [0.2, 0.25) is 0 Å². The molecule has 22 heavy (non-hydrogen) atoms. The van der Waals surface area contributed by atoms with Gasteiger partial charge in [0.05, 0.1) is 15.0 Å². The van der Waals surface area contributed by atoms with Crippen molar-refractivity contribution in [2.75, 3.05) is 5.32 Å². The molecule has 0 unspecified atom stereocenters. The molecule has 1 amide bonds. The summed E-state index contributed by atoms with van der Waals surface area (Å²) in [7, 11) is 0. The van der Waals surface area contributed by atoms with E-state index in [1.807, 2.05) is 6.92 Å². The topological polar surface area (TPSA) is 42.0 Å². The van der Waals surface area contributed by atoms with E-state index in [0.29, 0.717) is 10.7 Å². The molecule has 3 rings (SSSR count). The molecule has 0 spiro atoms. The van der Waals surface area contributed by atoms with Crippen molar-refractivity contribution in [3.8, 4) is 11.3 Å². The van der Waals surface area contributed by atoms with Crippen molar-refractivity contribution in [2.24, 2.45) is 0 Å². The number of anilines is 1. The minimum atomic E-state index is -0.284. The second kappa shape index (κ2) is 6.28. The van der Waals surface area contributed by atoms with Crippen LogP contribution in [0.25, 0.3) is 11.3 Å². The Kier molecular flexibility index (Phi) is 4.37. The summed E-state index contributed by atoms with van der Waals surface area (Å²) in [4.78, 5) is 17.5. The number of carbonyl (C=O) groups is 1. The number of aromatic nitrogens is 1. The lowest BCUT2D eigenvalue weighted by Gasteiger charge is -1.99. The molecule has 0 aliphatic rings. The third kappa shape index (κ3) is 3.26. The molecule has 0 saturated carbocycles. The van der Waals surface area contributed by atoms with Crippen molar-refractivity contribution in [1.82, 2.24) is 4.98 Å². The Morgan fingerprint density at radius 3 is 2.68 bits per heavy atom. The van der Waals surface area contributed by atoms with Crippen LogP contribution >= 0.6 is 38.6 Å². The van der Waals surface area contributed by atoms with Crippen molar-refractivity contribution in [3.63, 3.8) is 0 Å². The van der Waals surface area contributed by atoms with Crippen molar-refractivity contribution >= 4 is 49.6 Å². The van der Waals surface area contributed by atoms with Crippen LogP contribution in [0.3, 0.4) is 0 Å². The van der Waals surface area contributed by atoms with Crippen LogP contribution in [0.4, 0.5) is 9.52 Å². The van der Waals surface area contributed by atoms with Gasteiger partial charge in [0, 0.05) is 15.8 Å². The predicted molar refractivity (Wildman–Crippen MR) is 92.2 cm³/mol. The molecule has 1 aromatic carbocycles. The SMILES string of the molecule is Cc1sc(NC(=O)c2csc(Br)c2)nc1-c1ccc(F)cc1. The Morgan fingerprint density at radius 1 is 1.32 bits per heavy atom. The van der Waals surface area contributed by atoms with Gasteiger partial charge in [-0.25, -0.2) is 9.37 Å². The molecule has 112 valence electrons. The quantitative estimate of drug-likeness (QED) is 0.649. The minimum absolute atomic E-state index is 0.193. The lowest BCUT2D eigenvalue weighted by Crippen LogP contribution is -2.10. The smallest absolute Gasteiger partial charge is 0.258 e. The van der Waals surface area contributed by atoms with E-state index in [1.165, 1.54) is 34.8 Å². The summed E-state index contributed by atoms with van der Waals surface area (Å²) in [5.74, 6) is -0.477. The second-order valence-electron chi connectivity index (χ2n) is 4.52. The van der Waals surface area contributed by atoms with Crippen molar-refractivity contribution in [1.29, 1.82) is 0 Å². The van der Waals surface area contributed by atoms with E-state index in [1.54, 1.807) is 23.6 Å². The first-order valence-electron chi connectivity index (χ1n) is 6.31. The average molecular weight is 397 g/mol. The number of hydrogen-bond donors (Lipinski definition) is 1. The molecule has 7 heteroatoms. The molecule has 3 nitrogen and oxygen atoms in total. The predicted octanol–water partition coefficient (Wildman–Crippen LogP) is 5.33. The van der Waals surface area contributed by atoms with E-state index in [4.69, 9.17) is 0 Å². The van der Waals surface area contributed by atoms with Gasteiger partial charge in [-0.05, 0) is 53.2 Å². The summed E-state index contributed by atoms with van der Waals surface area (Å²) in [5, 5.41) is 5.10. The van der Waals surface area contributed by atoms with Crippen molar-refractivity contribution < 1.29 is 9.18 Å². The zero-order valence-corrected chi connectivity index (χ0v) is 14.6. The van der Waals surface area contributed by atoms with Gasteiger partial charge in [-0.15, -0.1) is 22.7 Å². The van der Waals surface area contributed by atoms with Crippen LogP contribution in [0.5, 0.6) is 0 Å². The maximum atomic E-state index is 13.0. The van der Waals surface area contributed by atoms with Gasteiger partial charge in [0.25, 0.3) is 5.91 Å². The molecule has 0 aliphatic heterocycles. The molecule has 0 atom stereocenters. The first kappa shape index (κ1) is 15.3. The maximum Gasteiger partial charge on any atom is 0.258 e.